The monoisotopic (exact) mass is 453 g/mol. The molecule has 2 aromatic rings. The second-order valence-corrected chi connectivity index (χ2v) is 8.76. The molecule has 172 valence electrons. The molecule has 2 heterocycles. The summed E-state index contributed by atoms with van der Waals surface area (Å²) in [5, 5.41) is 13.0. The molecule has 0 radical (unpaired) electrons. The molecule has 2 aromatic carbocycles. The van der Waals surface area contributed by atoms with Crippen LogP contribution in [0, 0.1) is 11.6 Å². The van der Waals surface area contributed by atoms with E-state index in [0.29, 0.717) is 25.3 Å². The highest BCUT2D eigenvalue weighted by Gasteiger charge is 2.48. The van der Waals surface area contributed by atoms with E-state index in [1.165, 1.54) is 6.07 Å². The number of ether oxygens (including phenoxy) is 1. The topological polar surface area (TPSA) is 65.0 Å². The summed E-state index contributed by atoms with van der Waals surface area (Å²) in [5.74, 6) is -1.90. The number of aromatic carboxylic acids is 1. The fraction of sp³-hybridized carbons (Fsp3) is 0.320. The van der Waals surface area contributed by atoms with Gasteiger partial charge in [0.25, 0.3) is 0 Å². The number of carboxylic acids is 1. The summed E-state index contributed by atoms with van der Waals surface area (Å²) >= 11 is 0. The maximum atomic E-state index is 13.8. The first-order chi connectivity index (χ1) is 15.9. The Labute approximate surface area is 190 Å². The van der Waals surface area contributed by atoms with Gasteiger partial charge >= 0.3 is 5.97 Å². The zero-order chi connectivity index (χ0) is 23.2. The van der Waals surface area contributed by atoms with E-state index in [1.54, 1.807) is 18.2 Å². The standard InChI is InChI=1S/C25H25F2N3O3/c1-29-11-8-21-22(30(12-13-33-21)15-16-2-7-19(26)20(27)14-16)23(29)28-25(9-10-25)18-5-3-17(4-6-18)24(31)32/h2-8,11,14,23,28H,9-10,12-13,15H2,1H3,(H,31,32). The Balaban J connectivity index is 1.42. The SMILES string of the molecule is CN1C=CC2=C(C1NC1(c3ccc(C(=O)O)cc3)CC1)N(Cc1ccc(F)c(F)c1)CCO2. The number of rotatable bonds is 6. The van der Waals surface area contributed by atoms with Gasteiger partial charge in [-0.3, -0.25) is 5.32 Å². The smallest absolute Gasteiger partial charge is 0.335 e. The summed E-state index contributed by atoms with van der Waals surface area (Å²) in [4.78, 5) is 15.4. The van der Waals surface area contributed by atoms with Crippen molar-refractivity contribution in [1.82, 2.24) is 15.1 Å². The molecule has 2 aliphatic heterocycles. The minimum Gasteiger partial charge on any atom is -0.490 e. The average molecular weight is 453 g/mol. The number of hydrogen-bond donors (Lipinski definition) is 2. The molecule has 0 bridgehead atoms. The lowest BCUT2D eigenvalue weighted by molar-refractivity contribution is 0.0696. The predicted molar refractivity (Wildman–Crippen MR) is 118 cm³/mol. The van der Waals surface area contributed by atoms with Crippen LogP contribution in [0.15, 0.2) is 66.2 Å². The molecular formula is C25H25F2N3O3. The number of benzene rings is 2. The summed E-state index contributed by atoms with van der Waals surface area (Å²) in [5.41, 5.74) is 2.68. The molecule has 0 spiro atoms. The average Bonchev–Trinajstić information content (AvgIpc) is 3.59. The highest BCUT2D eigenvalue weighted by Crippen LogP contribution is 2.47. The van der Waals surface area contributed by atoms with E-state index in [9.17, 15) is 18.7 Å². The van der Waals surface area contributed by atoms with Gasteiger partial charge < -0.3 is 19.6 Å². The minimum absolute atomic E-state index is 0.197. The Morgan fingerprint density at radius 3 is 2.61 bits per heavy atom. The summed E-state index contributed by atoms with van der Waals surface area (Å²) in [7, 11) is 1.98. The van der Waals surface area contributed by atoms with E-state index in [0.717, 1.165) is 35.9 Å². The van der Waals surface area contributed by atoms with Gasteiger partial charge in [-0.1, -0.05) is 18.2 Å². The molecule has 6 nitrogen and oxygen atoms in total. The number of nitrogens with zero attached hydrogens (tertiary/aromatic N) is 2. The van der Waals surface area contributed by atoms with Gasteiger partial charge in [-0.05, 0) is 54.3 Å². The lowest BCUT2D eigenvalue weighted by Crippen LogP contribution is -2.54. The van der Waals surface area contributed by atoms with Crippen molar-refractivity contribution in [3.63, 3.8) is 0 Å². The minimum atomic E-state index is -0.946. The van der Waals surface area contributed by atoms with Crippen molar-refractivity contribution in [1.29, 1.82) is 0 Å². The Morgan fingerprint density at radius 2 is 1.94 bits per heavy atom. The molecule has 0 saturated heterocycles. The van der Waals surface area contributed by atoms with Crippen LogP contribution in [0.5, 0.6) is 0 Å². The van der Waals surface area contributed by atoms with Crippen molar-refractivity contribution in [2.24, 2.45) is 0 Å². The summed E-state index contributed by atoms with van der Waals surface area (Å²) < 4.78 is 33.1. The Morgan fingerprint density at radius 1 is 1.18 bits per heavy atom. The molecule has 1 fully saturated rings. The van der Waals surface area contributed by atoms with E-state index in [4.69, 9.17) is 4.74 Å². The van der Waals surface area contributed by atoms with Crippen LogP contribution in [0.3, 0.4) is 0 Å². The highest BCUT2D eigenvalue weighted by molar-refractivity contribution is 5.87. The normalized spacial score (nSPS) is 21.0. The predicted octanol–water partition coefficient (Wildman–Crippen LogP) is 3.77. The van der Waals surface area contributed by atoms with E-state index >= 15 is 0 Å². The molecule has 5 rings (SSSR count). The first-order valence-electron chi connectivity index (χ1n) is 10.9. The molecule has 1 unspecified atom stereocenters. The largest absolute Gasteiger partial charge is 0.490 e. The molecule has 2 N–H and O–H groups in total. The van der Waals surface area contributed by atoms with E-state index in [2.05, 4.69) is 15.1 Å². The second-order valence-electron chi connectivity index (χ2n) is 8.76. The van der Waals surface area contributed by atoms with Crippen LogP contribution >= 0.6 is 0 Å². The van der Waals surface area contributed by atoms with Crippen LogP contribution in [0.1, 0.15) is 34.3 Å². The van der Waals surface area contributed by atoms with Crippen molar-refractivity contribution in [2.75, 3.05) is 20.2 Å². The molecule has 1 saturated carbocycles. The van der Waals surface area contributed by atoms with Crippen molar-refractivity contribution in [3.8, 4) is 0 Å². The van der Waals surface area contributed by atoms with Gasteiger partial charge in [-0.15, -0.1) is 0 Å². The number of carbonyl (C=O) groups is 1. The molecular weight excluding hydrogens is 428 g/mol. The van der Waals surface area contributed by atoms with Crippen molar-refractivity contribution in [2.45, 2.75) is 31.1 Å². The zero-order valence-electron chi connectivity index (χ0n) is 18.2. The molecule has 0 aromatic heterocycles. The van der Waals surface area contributed by atoms with E-state index < -0.39 is 17.6 Å². The van der Waals surface area contributed by atoms with Gasteiger partial charge in [-0.25, -0.2) is 13.6 Å². The van der Waals surface area contributed by atoms with Crippen LogP contribution in [-0.4, -0.2) is 47.2 Å². The summed E-state index contributed by atoms with van der Waals surface area (Å²) in [6.07, 6.45) is 5.55. The van der Waals surface area contributed by atoms with Gasteiger partial charge in [0.05, 0.1) is 17.8 Å². The first kappa shape index (κ1) is 21.5. The number of likely N-dealkylation sites (N-methyl/N-ethyl adjacent to an activating group) is 1. The lowest BCUT2D eigenvalue weighted by Gasteiger charge is -2.44. The molecule has 0 amide bonds. The summed E-state index contributed by atoms with van der Waals surface area (Å²) in [6, 6.07) is 11.0. The zero-order valence-corrected chi connectivity index (χ0v) is 18.2. The number of carboxylic acid groups (broad SMARTS) is 1. The number of allylic oxidation sites excluding steroid dienone is 1. The third kappa shape index (κ3) is 4.06. The Hall–Kier alpha value is -3.39. The van der Waals surface area contributed by atoms with Crippen LogP contribution in [0.4, 0.5) is 8.78 Å². The summed E-state index contributed by atoms with van der Waals surface area (Å²) in [6.45, 7) is 1.56. The fourth-order valence-corrected chi connectivity index (χ4v) is 4.55. The molecule has 1 aliphatic carbocycles. The van der Waals surface area contributed by atoms with Crippen molar-refractivity contribution in [3.05, 3.63) is 94.5 Å². The highest BCUT2D eigenvalue weighted by atomic mass is 19.2. The van der Waals surface area contributed by atoms with Crippen LogP contribution in [0.2, 0.25) is 0 Å². The Kier molecular flexibility index (Phi) is 5.32. The number of nitrogens with one attached hydrogen (secondary N) is 1. The van der Waals surface area contributed by atoms with Gasteiger partial charge in [-0.2, -0.15) is 0 Å². The maximum Gasteiger partial charge on any atom is 0.335 e. The molecule has 3 aliphatic rings. The molecule has 33 heavy (non-hydrogen) atoms. The number of halogens is 2. The third-order valence-electron chi connectivity index (χ3n) is 6.54. The van der Waals surface area contributed by atoms with Gasteiger partial charge in [0.1, 0.15) is 18.5 Å². The second kappa shape index (κ2) is 8.19. The first-order valence-corrected chi connectivity index (χ1v) is 10.9. The Bertz CT molecular complexity index is 1140. The fourth-order valence-electron chi connectivity index (χ4n) is 4.55. The molecule has 1 atom stereocenters. The quantitative estimate of drug-likeness (QED) is 0.694. The number of hydrogen-bond acceptors (Lipinski definition) is 5. The van der Waals surface area contributed by atoms with Crippen molar-refractivity contribution >= 4 is 5.97 Å². The lowest BCUT2D eigenvalue weighted by atomic mass is 10.0. The third-order valence-corrected chi connectivity index (χ3v) is 6.54. The maximum absolute atomic E-state index is 13.8. The van der Waals surface area contributed by atoms with Crippen LogP contribution < -0.4 is 5.32 Å². The molecule has 8 heteroatoms. The van der Waals surface area contributed by atoms with Crippen LogP contribution in [0.25, 0.3) is 0 Å². The van der Waals surface area contributed by atoms with E-state index in [1.807, 2.05) is 31.5 Å². The van der Waals surface area contributed by atoms with Crippen molar-refractivity contribution < 1.29 is 23.4 Å². The van der Waals surface area contributed by atoms with Gasteiger partial charge in [0, 0.05) is 25.3 Å². The van der Waals surface area contributed by atoms with Gasteiger partial charge in [0.15, 0.2) is 11.6 Å². The van der Waals surface area contributed by atoms with E-state index in [-0.39, 0.29) is 17.3 Å². The van der Waals surface area contributed by atoms with Gasteiger partial charge in [0.2, 0.25) is 0 Å². The van der Waals surface area contributed by atoms with Crippen LogP contribution in [-0.2, 0) is 16.8 Å².